The van der Waals surface area contributed by atoms with Crippen molar-refractivity contribution in [3.05, 3.63) is 70.2 Å². The predicted octanol–water partition coefficient (Wildman–Crippen LogP) is 3.56. The zero-order valence-corrected chi connectivity index (χ0v) is 21.6. The molecule has 0 aromatic heterocycles. The van der Waals surface area contributed by atoms with Gasteiger partial charge in [-0.1, -0.05) is 48.0 Å². The molecule has 1 heterocycles. The van der Waals surface area contributed by atoms with E-state index in [0.29, 0.717) is 6.54 Å². The van der Waals surface area contributed by atoms with Crippen molar-refractivity contribution in [3.8, 4) is 0 Å². The van der Waals surface area contributed by atoms with E-state index in [1.807, 2.05) is 18.2 Å². The Morgan fingerprint density at radius 2 is 1.91 bits per heavy atom. The summed E-state index contributed by atoms with van der Waals surface area (Å²) in [5.41, 5.74) is 9.14. The van der Waals surface area contributed by atoms with Crippen molar-refractivity contribution in [1.82, 2.24) is 15.5 Å². The molecule has 1 aliphatic heterocycles. The van der Waals surface area contributed by atoms with Gasteiger partial charge in [0.25, 0.3) is 0 Å². The minimum atomic E-state index is -0.183. The van der Waals surface area contributed by atoms with Gasteiger partial charge in [0.05, 0.1) is 5.92 Å². The molecule has 32 heavy (non-hydrogen) atoms. The highest BCUT2D eigenvalue weighted by atomic mass is 127. The molecule has 0 spiro atoms. The molecule has 4 N–H and O–H groups in total. The number of guanidine groups is 1. The zero-order chi connectivity index (χ0) is 22.1. The van der Waals surface area contributed by atoms with Crippen LogP contribution in [0, 0.1) is 5.92 Å². The maximum Gasteiger partial charge on any atom is 0.221 e. The first-order valence-electron chi connectivity index (χ1n) is 10.8. The third-order valence-electron chi connectivity index (χ3n) is 5.58. The van der Waals surface area contributed by atoms with Crippen molar-refractivity contribution in [1.29, 1.82) is 0 Å². The van der Waals surface area contributed by atoms with Crippen molar-refractivity contribution < 1.29 is 4.79 Å². The lowest BCUT2D eigenvalue weighted by Crippen LogP contribution is -2.40. The first kappa shape index (κ1) is 26.4. The van der Waals surface area contributed by atoms with Gasteiger partial charge in [0.2, 0.25) is 5.91 Å². The van der Waals surface area contributed by atoms with E-state index in [0.717, 1.165) is 56.4 Å². The smallest absolute Gasteiger partial charge is 0.221 e. The molecule has 174 valence electrons. The van der Waals surface area contributed by atoms with Crippen LogP contribution in [-0.2, 0) is 24.3 Å². The summed E-state index contributed by atoms with van der Waals surface area (Å²) in [5.74, 6) is 0.560. The van der Waals surface area contributed by atoms with E-state index >= 15 is 0 Å². The van der Waals surface area contributed by atoms with Crippen LogP contribution in [0.3, 0.4) is 0 Å². The van der Waals surface area contributed by atoms with Crippen molar-refractivity contribution in [2.24, 2.45) is 16.6 Å². The molecule has 0 saturated carbocycles. The lowest BCUT2D eigenvalue weighted by Gasteiger charge is -2.31. The number of nitrogens with two attached hydrogens (primary N) is 1. The van der Waals surface area contributed by atoms with Crippen molar-refractivity contribution in [2.75, 3.05) is 26.7 Å². The van der Waals surface area contributed by atoms with E-state index in [2.05, 4.69) is 50.9 Å². The molecule has 2 aromatic carbocycles. The van der Waals surface area contributed by atoms with E-state index in [9.17, 15) is 4.79 Å². The number of hydrogen-bond donors (Lipinski definition) is 3. The summed E-state index contributed by atoms with van der Waals surface area (Å²) in [7, 11) is 1.77. The number of piperidine rings is 1. The predicted molar refractivity (Wildman–Crippen MR) is 142 cm³/mol. The highest BCUT2D eigenvalue weighted by Gasteiger charge is 2.23. The number of carbonyl (C=O) groups excluding carboxylic acids is 1. The van der Waals surface area contributed by atoms with E-state index in [-0.39, 0.29) is 35.8 Å². The van der Waals surface area contributed by atoms with Crippen LogP contribution in [-0.4, -0.2) is 43.4 Å². The lowest BCUT2D eigenvalue weighted by atomic mass is 9.97. The highest BCUT2D eigenvalue weighted by Crippen LogP contribution is 2.18. The fourth-order valence-corrected chi connectivity index (χ4v) is 4.16. The molecular weight excluding hydrogens is 537 g/mol. The SMILES string of the molecule is CN=C(NCCc1cccc(Cl)c1)NCc1cccc(CN2CCCC(C(N)=O)C2)c1.I. The molecular formula is C24H33ClIN5O. The zero-order valence-electron chi connectivity index (χ0n) is 18.5. The van der Waals surface area contributed by atoms with Crippen LogP contribution >= 0.6 is 35.6 Å². The van der Waals surface area contributed by atoms with E-state index in [4.69, 9.17) is 17.3 Å². The molecule has 1 unspecified atom stereocenters. The summed E-state index contributed by atoms with van der Waals surface area (Å²) >= 11 is 6.05. The van der Waals surface area contributed by atoms with Crippen LogP contribution in [0.2, 0.25) is 5.02 Å². The number of likely N-dealkylation sites (tertiary alicyclic amines) is 1. The summed E-state index contributed by atoms with van der Waals surface area (Å²) in [6.45, 7) is 4.06. The third kappa shape index (κ3) is 8.60. The number of carbonyl (C=O) groups is 1. The van der Waals surface area contributed by atoms with Gasteiger partial charge < -0.3 is 16.4 Å². The average molecular weight is 570 g/mol. The summed E-state index contributed by atoms with van der Waals surface area (Å²) in [6.07, 6.45) is 2.80. The molecule has 6 nitrogen and oxygen atoms in total. The van der Waals surface area contributed by atoms with Gasteiger partial charge in [-0.05, 0) is 54.6 Å². The molecule has 0 aliphatic carbocycles. The second-order valence-corrected chi connectivity index (χ2v) is 8.47. The van der Waals surface area contributed by atoms with Crippen LogP contribution in [0.1, 0.15) is 29.5 Å². The van der Waals surface area contributed by atoms with Crippen LogP contribution in [0.4, 0.5) is 0 Å². The third-order valence-corrected chi connectivity index (χ3v) is 5.82. The molecule has 1 atom stereocenters. The Morgan fingerprint density at radius 1 is 1.16 bits per heavy atom. The van der Waals surface area contributed by atoms with Gasteiger partial charge in [0, 0.05) is 38.2 Å². The molecule has 8 heteroatoms. The maximum absolute atomic E-state index is 11.5. The Kier molecular flexibility index (Phi) is 11.3. The van der Waals surface area contributed by atoms with Crippen LogP contribution in [0.15, 0.2) is 53.5 Å². The molecule has 1 fully saturated rings. The van der Waals surface area contributed by atoms with Gasteiger partial charge in [-0.25, -0.2) is 0 Å². The summed E-state index contributed by atoms with van der Waals surface area (Å²) < 4.78 is 0. The normalized spacial score (nSPS) is 16.8. The summed E-state index contributed by atoms with van der Waals surface area (Å²) in [5, 5.41) is 7.48. The minimum Gasteiger partial charge on any atom is -0.369 e. The number of amides is 1. The number of aliphatic imine (C=N–C) groups is 1. The number of halogens is 2. The Hall–Kier alpha value is -1.84. The Balaban J connectivity index is 0.00000363. The first-order chi connectivity index (χ1) is 15.0. The Labute approximate surface area is 213 Å². The number of rotatable bonds is 8. The van der Waals surface area contributed by atoms with Crippen LogP contribution in [0.25, 0.3) is 0 Å². The molecule has 0 bridgehead atoms. The summed E-state index contributed by atoms with van der Waals surface area (Å²) in [6, 6.07) is 16.4. The Bertz CT molecular complexity index is 907. The number of benzene rings is 2. The quantitative estimate of drug-likeness (QED) is 0.258. The highest BCUT2D eigenvalue weighted by molar-refractivity contribution is 14.0. The lowest BCUT2D eigenvalue weighted by molar-refractivity contribution is -0.123. The average Bonchev–Trinajstić information content (AvgIpc) is 2.76. The molecule has 0 radical (unpaired) electrons. The van der Waals surface area contributed by atoms with Crippen molar-refractivity contribution in [2.45, 2.75) is 32.4 Å². The standard InChI is InChI=1S/C24H32ClN5O.HI/c1-27-24(28-11-10-18-5-3-9-22(25)14-18)29-15-19-6-2-7-20(13-19)16-30-12-4-8-21(17-30)23(26)31;/h2-3,5-7,9,13-14,21H,4,8,10-12,15-17H2,1H3,(H2,26,31)(H2,27,28,29);1H. The minimum absolute atomic E-state index is 0. The Morgan fingerprint density at radius 3 is 2.66 bits per heavy atom. The van der Waals surface area contributed by atoms with Gasteiger partial charge in [-0.3, -0.25) is 14.7 Å². The van der Waals surface area contributed by atoms with E-state index in [1.165, 1.54) is 16.7 Å². The second kappa shape index (κ2) is 13.6. The number of nitrogens with one attached hydrogen (secondary N) is 2. The molecule has 1 amide bonds. The van der Waals surface area contributed by atoms with Crippen molar-refractivity contribution >= 4 is 47.4 Å². The van der Waals surface area contributed by atoms with Crippen LogP contribution in [0.5, 0.6) is 0 Å². The van der Waals surface area contributed by atoms with Crippen molar-refractivity contribution in [3.63, 3.8) is 0 Å². The molecule has 3 rings (SSSR count). The van der Waals surface area contributed by atoms with Gasteiger partial charge in [0.1, 0.15) is 0 Å². The number of primary amides is 1. The second-order valence-electron chi connectivity index (χ2n) is 8.03. The summed E-state index contributed by atoms with van der Waals surface area (Å²) in [4.78, 5) is 18.1. The van der Waals surface area contributed by atoms with E-state index in [1.54, 1.807) is 7.05 Å². The van der Waals surface area contributed by atoms with E-state index < -0.39 is 0 Å². The van der Waals surface area contributed by atoms with Gasteiger partial charge in [-0.2, -0.15) is 0 Å². The van der Waals surface area contributed by atoms with Gasteiger partial charge in [0.15, 0.2) is 5.96 Å². The number of hydrogen-bond acceptors (Lipinski definition) is 3. The monoisotopic (exact) mass is 569 g/mol. The topological polar surface area (TPSA) is 82.8 Å². The molecule has 2 aromatic rings. The van der Waals surface area contributed by atoms with Crippen LogP contribution < -0.4 is 16.4 Å². The maximum atomic E-state index is 11.5. The molecule has 1 saturated heterocycles. The van der Waals surface area contributed by atoms with Gasteiger partial charge in [-0.15, -0.1) is 24.0 Å². The molecule has 1 aliphatic rings. The fourth-order valence-electron chi connectivity index (χ4n) is 3.95. The van der Waals surface area contributed by atoms with Gasteiger partial charge >= 0.3 is 0 Å². The first-order valence-corrected chi connectivity index (χ1v) is 11.2. The fraction of sp³-hybridized carbons (Fsp3) is 0.417. The number of nitrogens with zero attached hydrogens (tertiary/aromatic N) is 2. The largest absolute Gasteiger partial charge is 0.369 e.